The van der Waals surface area contributed by atoms with Gasteiger partial charge in [0, 0.05) is 19.0 Å². The number of rotatable bonds is 6. The van der Waals surface area contributed by atoms with E-state index in [1.165, 1.54) is 0 Å². The lowest BCUT2D eigenvalue weighted by molar-refractivity contribution is -0.142. The normalized spacial score (nSPS) is 18.7. The van der Waals surface area contributed by atoms with E-state index in [2.05, 4.69) is 0 Å². The van der Waals surface area contributed by atoms with E-state index in [0.29, 0.717) is 19.1 Å². The van der Waals surface area contributed by atoms with Crippen LogP contribution in [0.4, 0.5) is 0 Å². The maximum Gasteiger partial charge on any atom is 0.248 e. The Labute approximate surface area is 166 Å². The van der Waals surface area contributed by atoms with E-state index in [-0.39, 0.29) is 24.9 Å². The third-order valence-electron chi connectivity index (χ3n) is 5.50. The van der Waals surface area contributed by atoms with Gasteiger partial charge in [-0.15, -0.1) is 0 Å². The molecule has 0 bridgehead atoms. The van der Waals surface area contributed by atoms with Gasteiger partial charge in [0.15, 0.2) is 6.29 Å². The lowest BCUT2D eigenvalue weighted by atomic mass is 9.96. The predicted octanol–water partition coefficient (Wildman–Crippen LogP) is 3.40. The number of likely N-dealkylation sites (tertiary alicyclic amines) is 1. The zero-order chi connectivity index (χ0) is 19.2. The van der Waals surface area contributed by atoms with Crippen molar-refractivity contribution < 1.29 is 19.0 Å². The smallest absolute Gasteiger partial charge is 0.248 e. The van der Waals surface area contributed by atoms with Gasteiger partial charge in [0.05, 0.1) is 13.2 Å². The third-order valence-corrected chi connectivity index (χ3v) is 5.50. The monoisotopic (exact) mass is 381 g/mol. The molecule has 1 amide bonds. The lowest BCUT2D eigenvalue weighted by Crippen LogP contribution is -2.43. The molecule has 28 heavy (non-hydrogen) atoms. The molecule has 0 unspecified atom stereocenters. The topological polar surface area (TPSA) is 48.0 Å². The summed E-state index contributed by atoms with van der Waals surface area (Å²) in [4.78, 5) is 14.6. The highest BCUT2D eigenvalue weighted by Gasteiger charge is 2.32. The van der Waals surface area contributed by atoms with Crippen LogP contribution in [0.25, 0.3) is 0 Å². The highest BCUT2D eigenvalue weighted by atomic mass is 16.7. The highest BCUT2D eigenvalue weighted by molar-refractivity contribution is 5.77. The average Bonchev–Trinajstić information content (AvgIpc) is 3.30. The van der Waals surface area contributed by atoms with Crippen molar-refractivity contribution in [1.82, 2.24) is 4.90 Å². The van der Waals surface area contributed by atoms with Gasteiger partial charge in [-0.2, -0.15) is 0 Å². The van der Waals surface area contributed by atoms with Crippen molar-refractivity contribution in [2.75, 3.05) is 32.9 Å². The number of carbonyl (C=O) groups is 1. The Morgan fingerprint density at radius 1 is 0.929 bits per heavy atom. The third kappa shape index (κ3) is 4.61. The Morgan fingerprint density at radius 2 is 1.46 bits per heavy atom. The van der Waals surface area contributed by atoms with Crippen molar-refractivity contribution in [3.05, 3.63) is 71.8 Å². The molecule has 4 rings (SSSR count). The number of amides is 1. The molecule has 0 aliphatic carbocycles. The van der Waals surface area contributed by atoms with Gasteiger partial charge in [-0.3, -0.25) is 4.79 Å². The Kier molecular flexibility index (Phi) is 6.37. The summed E-state index contributed by atoms with van der Waals surface area (Å²) in [6, 6.07) is 20.1. The van der Waals surface area contributed by atoms with Crippen molar-refractivity contribution in [2.45, 2.75) is 25.2 Å². The van der Waals surface area contributed by atoms with Gasteiger partial charge < -0.3 is 19.1 Å². The fraction of sp³-hybridized carbons (Fsp3) is 0.435. The van der Waals surface area contributed by atoms with Crippen LogP contribution in [0.1, 0.15) is 30.1 Å². The van der Waals surface area contributed by atoms with Crippen LogP contribution < -0.4 is 0 Å². The molecule has 2 heterocycles. The van der Waals surface area contributed by atoms with Crippen LogP contribution >= 0.6 is 0 Å². The Bertz CT molecular complexity index is 698. The van der Waals surface area contributed by atoms with E-state index in [1.807, 2.05) is 65.6 Å². The van der Waals surface area contributed by atoms with Crippen LogP contribution in [0.5, 0.6) is 0 Å². The quantitative estimate of drug-likeness (QED) is 0.769. The van der Waals surface area contributed by atoms with E-state index < -0.39 is 0 Å². The zero-order valence-corrected chi connectivity index (χ0v) is 16.0. The first kappa shape index (κ1) is 19.1. The molecule has 2 aromatic carbocycles. The number of benzene rings is 2. The molecule has 0 N–H and O–H groups in total. The summed E-state index contributed by atoms with van der Waals surface area (Å²) in [6.45, 7) is 2.90. The molecule has 2 aliphatic rings. The predicted molar refractivity (Wildman–Crippen MR) is 106 cm³/mol. The lowest BCUT2D eigenvalue weighted by Gasteiger charge is -2.34. The van der Waals surface area contributed by atoms with Crippen molar-refractivity contribution in [1.29, 1.82) is 0 Å². The molecule has 2 aliphatic heterocycles. The first-order chi connectivity index (χ1) is 13.8. The van der Waals surface area contributed by atoms with E-state index in [1.54, 1.807) is 0 Å². The van der Waals surface area contributed by atoms with E-state index in [0.717, 1.165) is 37.1 Å². The SMILES string of the molecule is O=C(COC(c1ccccc1)c1ccccc1)N1CCC(C2OCCO2)CC1. The fourth-order valence-corrected chi connectivity index (χ4v) is 3.96. The minimum Gasteiger partial charge on any atom is -0.359 e. The molecule has 0 atom stereocenters. The molecule has 2 aromatic rings. The number of piperidine rings is 1. The summed E-state index contributed by atoms with van der Waals surface area (Å²) < 4.78 is 17.3. The van der Waals surface area contributed by atoms with Crippen LogP contribution in [0, 0.1) is 5.92 Å². The maximum absolute atomic E-state index is 12.7. The molecule has 0 aromatic heterocycles. The first-order valence-electron chi connectivity index (χ1n) is 10.0. The standard InChI is InChI=1S/C23H27NO4/c25-21(24-13-11-20(12-14-24)23-26-15-16-27-23)17-28-22(18-7-3-1-4-8-18)19-9-5-2-6-10-19/h1-10,20,22-23H,11-17H2. The van der Waals surface area contributed by atoms with Crippen molar-refractivity contribution in [3.63, 3.8) is 0 Å². The van der Waals surface area contributed by atoms with E-state index >= 15 is 0 Å². The van der Waals surface area contributed by atoms with Gasteiger partial charge in [-0.25, -0.2) is 0 Å². The minimum absolute atomic E-state index is 0.0450. The molecule has 5 nitrogen and oxygen atoms in total. The summed E-state index contributed by atoms with van der Waals surface area (Å²) in [5.41, 5.74) is 2.10. The summed E-state index contributed by atoms with van der Waals surface area (Å²) in [6.07, 6.45) is 1.49. The number of ether oxygens (including phenoxy) is 3. The summed E-state index contributed by atoms with van der Waals surface area (Å²) >= 11 is 0. The van der Waals surface area contributed by atoms with Gasteiger partial charge in [0.2, 0.25) is 5.91 Å². The van der Waals surface area contributed by atoms with Gasteiger partial charge in [-0.05, 0) is 24.0 Å². The van der Waals surface area contributed by atoms with Crippen molar-refractivity contribution >= 4 is 5.91 Å². The second-order valence-corrected chi connectivity index (χ2v) is 7.34. The summed E-state index contributed by atoms with van der Waals surface area (Å²) in [7, 11) is 0. The molecule has 2 saturated heterocycles. The second kappa shape index (κ2) is 9.32. The van der Waals surface area contributed by atoms with E-state index in [9.17, 15) is 4.79 Å². The summed E-state index contributed by atoms with van der Waals surface area (Å²) in [5.74, 6) is 0.428. The molecule has 148 valence electrons. The van der Waals surface area contributed by atoms with Crippen LogP contribution in [0.3, 0.4) is 0 Å². The van der Waals surface area contributed by atoms with Crippen LogP contribution in [0.15, 0.2) is 60.7 Å². The van der Waals surface area contributed by atoms with Gasteiger partial charge in [-0.1, -0.05) is 60.7 Å². The number of hydrogen-bond acceptors (Lipinski definition) is 4. The molecule has 2 fully saturated rings. The van der Waals surface area contributed by atoms with Gasteiger partial charge in [0.25, 0.3) is 0 Å². The summed E-state index contributed by atoms with van der Waals surface area (Å²) in [5, 5.41) is 0. The number of nitrogens with zero attached hydrogens (tertiary/aromatic N) is 1. The zero-order valence-electron chi connectivity index (χ0n) is 16.0. The number of hydrogen-bond donors (Lipinski definition) is 0. The number of carbonyl (C=O) groups excluding carboxylic acids is 1. The Morgan fingerprint density at radius 3 is 2.00 bits per heavy atom. The van der Waals surface area contributed by atoms with Gasteiger partial charge in [0.1, 0.15) is 12.7 Å². The van der Waals surface area contributed by atoms with Crippen LogP contribution in [-0.4, -0.2) is 50.0 Å². The van der Waals surface area contributed by atoms with Crippen LogP contribution in [0.2, 0.25) is 0 Å². The fourth-order valence-electron chi connectivity index (χ4n) is 3.96. The Balaban J connectivity index is 1.34. The molecule has 0 radical (unpaired) electrons. The van der Waals surface area contributed by atoms with Crippen molar-refractivity contribution in [3.8, 4) is 0 Å². The van der Waals surface area contributed by atoms with Crippen LogP contribution in [-0.2, 0) is 19.0 Å². The van der Waals surface area contributed by atoms with Crippen molar-refractivity contribution in [2.24, 2.45) is 5.92 Å². The largest absolute Gasteiger partial charge is 0.359 e. The maximum atomic E-state index is 12.7. The highest BCUT2D eigenvalue weighted by Crippen LogP contribution is 2.28. The molecule has 0 spiro atoms. The minimum atomic E-state index is -0.246. The molecule has 0 saturated carbocycles. The second-order valence-electron chi connectivity index (χ2n) is 7.34. The molecular weight excluding hydrogens is 354 g/mol. The first-order valence-corrected chi connectivity index (χ1v) is 10.0. The average molecular weight is 381 g/mol. The van der Waals surface area contributed by atoms with E-state index in [4.69, 9.17) is 14.2 Å². The van der Waals surface area contributed by atoms with Gasteiger partial charge >= 0.3 is 0 Å². The molecule has 5 heteroatoms. The Hall–Kier alpha value is -2.21. The molecular formula is C23H27NO4.